The standard InChI is InChI=1S/C18H25N3O3/c1-24-15-12-13(7-8-14(15)21-11-5-6-16(21)22)20-17(23)18(19)9-3-2-4-10-18/h7-8,12H,2-6,9-11,19H2,1H3,(H,20,23). The van der Waals surface area contributed by atoms with Crippen LogP contribution in [0.25, 0.3) is 0 Å². The number of carbonyl (C=O) groups is 2. The van der Waals surface area contributed by atoms with Gasteiger partial charge in [0.1, 0.15) is 5.75 Å². The first kappa shape index (κ1) is 16.8. The third-order valence-electron chi connectivity index (χ3n) is 5.00. The summed E-state index contributed by atoms with van der Waals surface area (Å²) < 4.78 is 5.42. The third-order valence-corrected chi connectivity index (χ3v) is 5.00. The summed E-state index contributed by atoms with van der Waals surface area (Å²) in [7, 11) is 1.57. The average Bonchev–Trinajstić information content (AvgIpc) is 3.01. The summed E-state index contributed by atoms with van der Waals surface area (Å²) in [6.07, 6.45) is 5.98. The number of benzene rings is 1. The topological polar surface area (TPSA) is 84.7 Å². The molecule has 130 valence electrons. The summed E-state index contributed by atoms with van der Waals surface area (Å²) in [5, 5.41) is 2.91. The van der Waals surface area contributed by atoms with Crippen LogP contribution in [0.4, 0.5) is 11.4 Å². The minimum Gasteiger partial charge on any atom is -0.494 e. The minimum atomic E-state index is -0.783. The van der Waals surface area contributed by atoms with Crippen LogP contribution < -0.4 is 20.7 Å². The van der Waals surface area contributed by atoms with Crippen molar-refractivity contribution in [3.8, 4) is 5.75 Å². The first-order valence-corrected chi connectivity index (χ1v) is 8.62. The van der Waals surface area contributed by atoms with E-state index in [1.165, 1.54) is 0 Å². The largest absolute Gasteiger partial charge is 0.494 e. The molecule has 1 aliphatic carbocycles. The maximum atomic E-state index is 12.5. The summed E-state index contributed by atoms with van der Waals surface area (Å²) >= 11 is 0. The highest BCUT2D eigenvalue weighted by molar-refractivity contribution is 6.00. The van der Waals surface area contributed by atoms with E-state index in [1.54, 1.807) is 24.1 Å². The third kappa shape index (κ3) is 3.24. The summed E-state index contributed by atoms with van der Waals surface area (Å²) in [6, 6.07) is 5.38. The smallest absolute Gasteiger partial charge is 0.244 e. The molecule has 1 aromatic carbocycles. The molecule has 6 heteroatoms. The van der Waals surface area contributed by atoms with Crippen LogP contribution in [0.2, 0.25) is 0 Å². The van der Waals surface area contributed by atoms with Gasteiger partial charge in [-0.25, -0.2) is 0 Å². The van der Waals surface area contributed by atoms with Gasteiger partial charge in [-0.3, -0.25) is 9.59 Å². The molecule has 1 saturated heterocycles. The van der Waals surface area contributed by atoms with Gasteiger partial charge in [0.15, 0.2) is 0 Å². The van der Waals surface area contributed by atoms with Crippen molar-refractivity contribution in [1.29, 1.82) is 0 Å². The van der Waals surface area contributed by atoms with Crippen LogP contribution in [0, 0.1) is 0 Å². The SMILES string of the molecule is COc1cc(NC(=O)C2(N)CCCCC2)ccc1N1CCCC1=O. The molecule has 0 unspecified atom stereocenters. The Morgan fingerprint density at radius 1 is 1.25 bits per heavy atom. The number of ether oxygens (including phenoxy) is 1. The molecule has 0 spiro atoms. The highest BCUT2D eigenvalue weighted by atomic mass is 16.5. The van der Waals surface area contributed by atoms with Crippen LogP contribution >= 0.6 is 0 Å². The zero-order chi connectivity index (χ0) is 17.2. The summed E-state index contributed by atoms with van der Waals surface area (Å²) in [5.74, 6) is 0.542. The molecule has 2 aliphatic rings. The van der Waals surface area contributed by atoms with Gasteiger partial charge in [0.25, 0.3) is 0 Å². The van der Waals surface area contributed by atoms with E-state index < -0.39 is 5.54 Å². The molecule has 1 saturated carbocycles. The van der Waals surface area contributed by atoms with Gasteiger partial charge in [-0.1, -0.05) is 19.3 Å². The number of methoxy groups -OCH3 is 1. The Kier molecular flexibility index (Phi) is 4.76. The van der Waals surface area contributed by atoms with E-state index in [9.17, 15) is 9.59 Å². The van der Waals surface area contributed by atoms with E-state index in [2.05, 4.69) is 5.32 Å². The zero-order valence-electron chi connectivity index (χ0n) is 14.1. The molecule has 1 aliphatic heterocycles. The molecule has 2 amide bonds. The number of hydrogen-bond acceptors (Lipinski definition) is 4. The fourth-order valence-corrected chi connectivity index (χ4v) is 3.55. The van der Waals surface area contributed by atoms with Crippen molar-refractivity contribution in [2.75, 3.05) is 23.9 Å². The molecule has 0 radical (unpaired) electrons. The van der Waals surface area contributed by atoms with Crippen molar-refractivity contribution < 1.29 is 14.3 Å². The lowest BCUT2D eigenvalue weighted by atomic mass is 9.82. The Morgan fingerprint density at radius 3 is 2.62 bits per heavy atom. The van der Waals surface area contributed by atoms with Crippen molar-refractivity contribution in [2.45, 2.75) is 50.5 Å². The number of rotatable bonds is 4. The number of nitrogens with one attached hydrogen (secondary N) is 1. The molecule has 0 bridgehead atoms. The molecule has 1 heterocycles. The molecule has 24 heavy (non-hydrogen) atoms. The predicted molar refractivity (Wildman–Crippen MR) is 93.2 cm³/mol. The van der Waals surface area contributed by atoms with E-state index >= 15 is 0 Å². The highest BCUT2D eigenvalue weighted by Gasteiger charge is 2.35. The highest BCUT2D eigenvalue weighted by Crippen LogP contribution is 2.34. The quantitative estimate of drug-likeness (QED) is 0.887. The Bertz CT molecular complexity index is 638. The fraction of sp³-hybridized carbons (Fsp3) is 0.556. The number of anilines is 2. The van der Waals surface area contributed by atoms with Crippen molar-refractivity contribution in [3.63, 3.8) is 0 Å². The second kappa shape index (κ2) is 6.81. The molecular formula is C18H25N3O3. The van der Waals surface area contributed by atoms with Crippen molar-refractivity contribution in [1.82, 2.24) is 0 Å². The predicted octanol–water partition coefficient (Wildman–Crippen LogP) is 2.42. The van der Waals surface area contributed by atoms with E-state index in [0.29, 0.717) is 24.4 Å². The van der Waals surface area contributed by atoms with Crippen molar-refractivity contribution >= 4 is 23.2 Å². The lowest BCUT2D eigenvalue weighted by molar-refractivity contribution is -0.122. The normalized spacial score (nSPS) is 20.1. The van der Waals surface area contributed by atoms with Crippen molar-refractivity contribution in [3.05, 3.63) is 18.2 Å². The zero-order valence-corrected chi connectivity index (χ0v) is 14.1. The molecule has 3 N–H and O–H groups in total. The van der Waals surface area contributed by atoms with Crippen LogP contribution in [-0.4, -0.2) is 31.0 Å². The van der Waals surface area contributed by atoms with Gasteiger partial charge in [-0.05, 0) is 31.4 Å². The van der Waals surface area contributed by atoms with E-state index in [4.69, 9.17) is 10.5 Å². The first-order valence-electron chi connectivity index (χ1n) is 8.62. The molecule has 2 fully saturated rings. The Balaban J connectivity index is 1.77. The maximum Gasteiger partial charge on any atom is 0.244 e. The Hall–Kier alpha value is -2.08. The fourth-order valence-electron chi connectivity index (χ4n) is 3.55. The lowest BCUT2D eigenvalue weighted by Crippen LogP contribution is -2.52. The van der Waals surface area contributed by atoms with E-state index in [-0.39, 0.29) is 11.8 Å². The summed E-state index contributed by atoms with van der Waals surface area (Å²) in [5.41, 5.74) is 6.88. The molecule has 1 aromatic rings. The van der Waals surface area contributed by atoms with E-state index in [0.717, 1.165) is 44.2 Å². The molecule has 6 nitrogen and oxygen atoms in total. The van der Waals surface area contributed by atoms with Crippen molar-refractivity contribution in [2.24, 2.45) is 5.73 Å². The van der Waals surface area contributed by atoms with Gasteiger partial charge >= 0.3 is 0 Å². The van der Waals surface area contributed by atoms with Gasteiger partial charge < -0.3 is 20.7 Å². The molecular weight excluding hydrogens is 306 g/mol. The van der Waals surface area contributed by atoms with Gasteiger partial charge in [0.2, 0.25) is 11.8 Å². The second-order valence-corrected chi connectivity index (χ2v) is 6.71. The number of nitrogens with two attached hydrogens (primary N) is 1. The van der Waals surface area contributed by atoms with Gasteiger partial charge in [0, 0.05) is 24.7 Å². The second-order valence-electron chi connectivity index (χ2n) is 6.71. The van der Waals surface area contributed by atoms with Gasteiger partial charge in [-0.15, -0.1) is 0 Å². The monoisotopic (exact) mass is 331 g/mol. The van der Waals surface area contributed by atoms with Gasteiger partial charge in [-0.2, -0.15) is 0 Å². The Labute approximate surface area is 142 Å². The van der Waals surface area contributed by atoms with Gasteiger partial charge in [0.05, 0.1) is 18.3 Å². The summed E-state index contributed by atoms with van der Waals surface area (Å²) in [6.45, 7) is 0.701. The maximum absolute atomic E-state index is 12.5. The number of nitrogens with zero attached hydrogens (tertiary/aromatic N) is 1. The number of hydrogen-bond donors (Lipinski definition) is 2. The molecule has 0 aromatic heterocycles. The van der Waals surface area contributed by atoms with Crippen LogP contribution in [0.15, 0.2) is 18.2 Å². The Morgan fingerprint density at radius 2 is 2.00 bits per heavy atom. The molecule has 3 rings (SSSR count). The summed E-state index contributed by atoms with van der Waals surface area (Å²) in [4.78, 5) is 26.2. The average molecular weight is 331 g/mol. The number of carbonyl (C=O) groups excluding carboxylic acids is 2. The molecule has 0 atom stereocenters. The van der Waals surface area contributed by atoms with E-state index in [1.807, 2.05) is 6.07 Å². The van der Waals surface area contributed by atoms with Crippen LogP contribution in [0.5, 0.6) is 5.75 Å². The van der Waals surface area contributed by atoms with Crippen LogP contribution in [0.3, 0.4) is 0 Å². The minimum absolute atomic E-state index is 0.105. The number of amides is 2. The lowest BCUT2D eigenvalue weighted by Gasteiger charge is -2.31. The van der Waals surface area contributed by atoms with Crippen LogP contribution in [-0.2, 0) is 9.59 Å². The van der Waals surface area contributed by atoms with Crippen LogP contribution in [0.1, 0.15) is 44.9 Å². The first-order chi connectivity index (χ1) is 11.5.